The van der Waals surface area contributed by atoms with E-state index in [2.05, 4.69) is 14.9 Å². The van der Waals surface area contributed by atoms with Gasteiger partial charge in [0.15, 0.2) is 0 Å². The van der Waals surface area contributed by atoms with Crippen LogP contribution in [0.5, 0.6) is 0 Å². The number of hydrogen-bond acceptors (Lipinski definition) is 5. The number of rotatable bonds is 3. The van der Waals surface area contributed by atoms with Gasteiger partial charge in [-0.05, 0) is 33.1 Å². The molecule has 1 N–H and O–H groups in total. The van der Waals surface area contributed by atoms with Gasteiger partial charge in [-0.3, -0.25) is 9.78 Å². The molecule has 2 aliphatic rings. The highest BCUT2D eigenvalue weighted by atomic mass is 16.3. The molecule has 0 saturated carbocycles. The quantitative estimate of drug-likeness (QED) is 0.898. The van der Waals surface area contributed by atoms with Crippen molar-refractivity contribution in [1.82, 2.24) is 14.9 Å². The number of likely N-dealkylation sites (tertiary alicyclic amines) is 1. The Balaban J connectivity index is 1.81. The topological polar surface area (TPSA) is 69.6 Å². The van der Waals surface area contributed by atoms with Gasteiger partial charge in [0, 0.05) is 32.4 Å². The number of hydrogen-bond donors (Lipinski definition) is 1. The molecule has 2 saturated heterocycles. The van der Waals surface area contributed by atoms with E-state index in [-0.39, 0.29) is 17.9 Å². The van der Waals surface area contributed by atoms with E-state index < -0.39 is 0 Å². The van der Waals surface area contributed by atoms with Crippen LogP contribution >= 0.6 is 0 Å². The molecule has 1 aromatic heterocycles. The number of aromatic nitrogens is 2. The van der Waals surface area contributed by atoms with Crippen molar-refractivity contribution in [3.63, 3.8) is 0 Å². The minimum absolute atomic E-state index is 0.0357. The fourth-order valence-corrected chi connectivity index (χ4v) is 3.74. The zero-order valence-electron chi connectivity index (χ0n) is 13.4. The normalized spacial score (nSPS) is 25.3. The molecule has 3 heterocycles. The summed E-state index contributed by atoms with van der Waals surface area (Å²) < 4.78 is 0. The largest absolute Gasteiger partial charge is 0.395 e. The van der Waals surface area contributed by atoms with E-state index in [9.17, 15) is 4.79 Å². The average molecular weight is 304 g/mol. The van der Waals surface area contributed by atoms with Gasteiger partial charge in [0.05, 0.1) is 23.4 Å². The highest BCUT2D eigenvalue weighted by Crippen LogP contribution is 2.41. The van der Waals surface area contributed by atoms with Crippen molar-refractivity contribution in [3.8, 4) is 0 Å². The first-order valence-electron chi connectivity index (χ1n) is 8.01. The number of aliphatic hydroxyl groups is 1. The molecule has 6 nitrogen and oxygen atoms in total. The summed E-state index contributed by atoms with van der Waals surface area (Å²) in [5.41, 5.74) is 1.52. The lowest BCUT2D eigenvalue weighted by atomic mass is 9.78. The van der Waals surface area contributed by atoms with Crippen molar-refractivity contribution < 1.29 is 9.90 Å². The fourth-order valence-electron chi connectivity index (χ4n) is 3.74. The van der Waals surface area contributed by atoms with Crippen LogP contribution in [-0.2, 0) is 4.79 Å². The number of carbonyl (C=O) groups is 1. The first-order chi connectivity index (χ1) is 10.6. The molecule has 0 bridgehead atoms. The summed E-state index contributed by atoms with van der Waals surface area (Å²) in [5.74, 6) is 1.11. The molecule has 1 unspecified atom stereocenters. The highest BCUT2D eigenvalue weighted by molar-refractivity contribution is 5.85. The smallest absolute Gasteiger partial charge is 0.230 e. The van der Waals surface area contributed by atoms with Crippen LogP contribution in [0.15, 0.2) is 6.20 Å². The Morgan fingerprint density at radius 1 is 1.32 bits per heavy atom. The van der Waals surface area contributed by atoms with E-state index in [0.717, 1.165) is 49.6 Å². The second kappa shape index (κ2) is 5.83. The van der Waals surface area contributed by atoms with Crippen molar-refractivity contribution in [2.24, 2.45) is 5.41 Å². The van der Waals surface area contributed by atoms with Gasteiger partial charge in [0.2, 0.25) is 5.91 Å². The Morgan fingerprint density at radius 3 is 2.91 bits per heavy atom. The molecule has 120 valence electrons. The third-order valence-electron chi connectivity index (χ3n) is 4.90. The molecule has 22 heavy (non-hydrogen) atoms. The summed E-state index contributed by atoms with van der Waals surface area (Å²) >= 11 is 0. The summed E-state index contributed by atoms with van der Waals surface area (Å²) in [6.45, 7) is 6.72. The van der Waals surface area contributed by atoms with E-state index in [1.54, 1.807) is 6.20 Å². The number of piperidine rings is 1. The van der Waals surface area contributed by atoms with Crippen LogP contribution in [0.25, 0.3) is 0 Å². The molecular formula is C16H24N4O2. The zero-order chi connectivity index (χ0) is 15.7. The summed E-state index contributed by atoms with van der Waals surface area (Å²) in [6, 6.07) is 0. The minimum atomic E-state index is -0.300. The molecule has 1 atom stereocenters. The molecule has 0 radical (unpaired) electrons. The predicted octanol–water partition coefficient (Wildman–Crippen LogP) is 0.905. The van der Waals surface area contributed by atoms with Gasteiger partial charge in [-0.25, -0.2) is 4.98 Å². The van der Waals surface area contributed by atoms with Crippen molar-refractivity contribution >= 4 is 11.7 Å². The SMILES string of the molecule is Cc1cnc(C)c(N2CCC3(CCCN(CCO)C3=O)C2)n1. The van der Waals surface area contributed by atoms with Crippen LogP contribution in [0.1, 0.15) is 30.7 Å². The van der Waals surface area contributed by atoms with Crippen LogP contribution in [0.4, 0.5) is 5.82 Å². The molecule has 2 aliphatic heterocycles. The van der Waals surface area contributed by atoms with Crippen molar-refractivity contribution in [2.75, 3.05) is 37.7 Å². The first-order valence-corrected chi connectivity index (χ1v) is 8.01. The number of aryl methyl sites for hydroxylation is 2. The standard InChI is InChI=1S/C16H24N4O2/c1-12-10-17-13(2)14(18-12)20-7-5-16(11-20)4-3-6-19(8-9-21)15(16)22/h10,21H,3-9,11H2,1-2H3. The van der Waals surface area contributed by atoms with Crippen LogP contribution in [0.2, 0.25) is 0 Å². The van der Waals surface area contributed by atoms with Gasteiger partial charge in [0.25, 0.3) is 0 Å². The molecule has 3 rings (SSSR count). The van der Waals surface area contributed by atoms with Gasteiger partial charge in [-0.1, -0.05) is 0 Å². The zero-order valence-corrected chi connectivity index (χ0v) is 13.4. The maximum absolute atomic E-state index is 12.8. The van der Waals surface area contributed by atoms with Gasteiger partial charge in [-0.15, -0.1) is 0 Å². The Kier molecular flexibility index (Phi) is 4.04. The highest BCUT2D eigenvalue weighted by Gasteiger charge is 2.48. The maximum Gasteiger partial charge on any atom is 0.230 e. The van der Waals surface area contributed by atoms with Gasteiger partial charge >= 0.3 is 0 Å². The molecule has 0 aromatic carbocycles. The number of carbonyl (C=O) groups excluding carboxylic acids is 1. The lowest BCUT2D eigenvalue weighted by Gasteiger charge is -2.39. The van der Waals surface area contributed by atoms with Crippen LogP contribution in [0, 0.1) is 19.3 Å². The first kappa shape index (κ1) is 15.2. The second-order valence-corrected chi connectivity index (χ2v) is 6.49. The van der Waals surface area contributed by atoms with E-state index in [0.29, 0.717) is 13.1 Å². The lowest BCUT2D eigenvalue weighted by molar-refractivity contribution is -0.145. The Labute approximate surface area is 131 Å². The Morgan fingerprint density at radius 2 is 2.14 bits per heavy atom. The molecule has 6 heteroatoms. The van der Waals surface area contributed by atoms with Gasteiger partial charge in [0.1, 0.15) is 5.82 Å². The van der Waals surface area contributed by atoms with E-state index in [4.69, 9.17) is 5.11 Å². The third-order valence-corrected chi connectivity index (χ3v) is 4.90. The van der Waals surface area contributed by atoms with Crippen LogP contribution in [0.3, 0.4) is 0 Å². The van der Waals surface area contributed by atoms with E-state index in [1.807, 2.05) is 18.7 Å². The summed E-state index contributed by atoms with van der Waals surface area (Å²) in [5, 5.41) is 9.14. The van der Waals surface area contributed by atoms with Gasteiger partial charge in [-0.2, -0.15) is 0 Å². The van der Waals surface area contributed by atoms with Crippen molar-refractivity contribution in [3.05, 3.63) is 17.6 Å². The number of β-amino-alcohol motifs (C(OH)–C–C–N with tert-alkyl or cyclic N) is 1. The van der Waals surface area contributed by atoms with E-state index in [1.165, 1.54) is 0 Å². The molecule has 0 aliphatic carbocycles. The Hall–Kier alpha value is -1.69. The third kappa shape index (κ3) is 2.56. The Bertz CT molecular complexity index is 575. The van der Waals surface area contributed by atoms with Crippen LogP contribution < -0.4 is 4.90 Å². The van der Waals surface area contributed by atoms with E-state index >= 15 is 0 Å². The number of aliphatic hydroxyl groups excluding tert-OH is 1. The number of amides is 1. The molecule has 1 spiro atoms. The summed E-state index contributed by atoms with van der Waals surface area (Å²) in [7, 11) is 0. The second-order valence-electron chi connectivity index (χ2n) is 6.49. The predicted molar refractivity (Wildman–Crippen MR) is 83.7 cm³/mol. The molecule has 2 fully saturated rings. The van der Waals surface area contributed by atoms with Crippen LogP contribution in [-0.4, -0.2) is 58.7 Å². The minimum Gasteiger partial charge on any atom is -0.395 e. The fraction of sp³-hybridized carbons (Fsp3) is 0.688. The lowest BCUT2D eigenvalue weighted by Crippen LogP contribution is -2.50. The summed E-state index contributed by atoms with van der Waals surface area (Å²) in [4.78, 5) is 25.8. The number of anilines is 1. The molecule has 1 aromatic rings. The number of nitrogens with zero attached hydrogens (tertiary/aromatic N) is 4. The average Bonchev–Trinajstić information content (AvgIpc) is 2.92. The molecule has 1 amide bonds. The van der Waals surface area contributed by atoms with Gasteiger partial charge < -0.3 is 14.9 Å². The molecular weight excluding hydrogens is 280 g/mol. The van der Waals surface area contributed by atoms with Crippen molar-refractivity contribution in [1.29, 1.82) is 0 Å². The maximum atomic E-state index is 12.8. The monoisotopic (exact) mass is 304 g/mol. The van der Waals surface area contributed by atoms with Crippen molar-refractivity contribution in [2.45, 2.75) is 33.1 Å². The summed E-state index contributed by atoms with van der Waals surface area (Å²) in [6.07, 6.45) is 4.59.